The van der Waals surface area contributed by atoms with Crippen molar-refractivity contribution in [2.24, 2.45) is 5.92 Å². The number of likely N-dealkylation sites (tertiary alicyclic amines) is 1. The number of piperidine rings is 1. The lowest BCUT2D eigenvalue weighted by Gasteiger charge is -2.31. The van der Waals surface area contributed by atoms with Crippen LogP contribution < -0.4 is 5.32 Å². The molecule has 0 aliphatic carbocycles. The minimum atomic E-state index is -0.00480. The van der Waals surface area contributed by atoms with Crippen molar-refractivity contribution in [3.05, 3.63) is 82.9 Å². The zero-order valence-corrected chi connectivity index (χ0v) is 21.0. The quantitative estimate of drug-likeness (QED) is 0.363. The van der Waals surface area contributed by atoms with Gasteiger partial charge < -0.3 is 14.6 Å². The van der Waals surface area contributed by atoms with Crippen LogP contribution in [-0.4, -0.2) is 34.8 Å². The number of carbonyl (C=O) groups is 2. The van der Waals surface area contributed by atoms with Crippen molar-refractivity contribution in [3.63, 3.8) is 0 Å². The van der Waals surface area contributed by atoms with E-state index in [1.165, 1.54) is 11.1 Å². The second kappa shape index (κ2) is 9.97. The molecule has 1 saturated heterocycles. The summed E-state index contributed by atoms with van der Waals surface area (Å²) in [5.74, 6) is 0.851. The summed E-state index contributed by atoms with van der Waals surface area (Å²) in [6.07, 6.45) is 2.10. The molecule has 0 radical (unpaired) electrons. The minimum Gasteiger partial charge on any atom is -0.436 e. The Morgan fingerprint density at radius 1 is 0.944 bits per heavy atom. The monoisotopic (exact) mass is 481 g/mol. The highest BCUT2D eigenvalue weighted by atomic mass is 16.3. The summed E-state index contributed by atoms with van der Waals surface area (Å²) in [6, 6.07) is 19.4. The van der Waals surface area contributed by atoms with Gasteiger partial charge in [-0.05, 0) is 93.1 Å². The lowest BCUT2D eigenvalue weighted by Crippen LogP contribution is -2.39. The fourth-order valence-electron chi connectivity index (χ4n) is 4.70. The lowest BCUT2D eigenvalue weighted by atomic mass is 9.92. The van der Waals surface area contributed by atoms with Crippen molar-refractivity contribution in [2.45, 2.75) is 40.0 Å². The molecule has 1 aliphatic heterocycles. The van der Waals surface area contributed by atoms with Crippen LogP contribution in [0.2, 0.25) is 0 Å². The fraction of sp³-hybridized carbons (Fsp3) is 0.300. The van der Waals surface area contributed by atoms with Crippen LogP contribution in [0.4, 0.5) is 5.69 Å². The van der Waals surface area contributed by atoms with Crippen molar-refractivity contribution in [2.75, 3.05) is 18.4 Å². The molecule has 2 heterocycles. The van der Waals surface area contributed by atoms with E-state index in [1.807, 2.05) is 73.3 Å². The Labute approximate surface area is 211 Å². The molecule has 0 spiro atoms. The van der Waals surface area contributed by atoms with Gasteiger partial charge in [-0.1, -0.05) is 23.8 Å². The topological polar surface area (TPSA) is 75.4 Å². The molecule has 184 valence electrons. The number of amides is 2. The van der Waals surface area contributed by atoms with Crippen molar-refractivity contribution in [3.8, 4) is 11.5 Å². The average molecular weight is 482 g/mol. The number of nitrogens with one attached hydrogen (secondary N) is 1. The van der Waals surface area contributed by atoms with E-state index in [9.17, 15) is 9.59 Å². The minimum absolute atomic E-state index is 0.00480. The number of aromatic nitrogens is 1. The maximum Gasteiger partial charge on any atom is 0.253 e. The highest BCUT2D eigenvalue weighted by Gasteiger charge is 2.25. The molecule has 0 saturated carbocycles. The first kappa shape index (κ1) is 23.8. The van der Waals surface area contributed by atoms with Gasteiger partial charge in [0.05, 0.1) is 0 Å². The standard InChI is InChI=1S/C30H31N3O3/c1-19-4-7-23(8-5-19)29-32-26-18-24(9-11-27(26)36-29)30(35)33-14-12-22(13-15-33)17-28(34)31-25-10-6-20(2)21(3)16-25/h4-11,16,18,22H,12-15,17H2,1-3H3,(H,31,34). The van der Waals surface area contributed by atoms with Crippen LogP contribution in [0.3, 0.4) is 0 Å². The van der Waals surface area contributed by atoms with E-state index in [0.717, 1.165) is 29.7 Å². The van der Waals surface area contributed by atoms with Crippen LogP contribution in [0.5, 0.6) is 0 Å². The third kappa shape index (κ3) is 5.18. The summed E-state index contributed by atoms with van der Waals surface area (Å²) < 4.78 is 5.91. The number of rotatable bonds is 5. The number of carbonyl (C=O) groups excluding carboxylic acids is 2. The Hall–Kier alpha value is -3.93. The molecule has 6 heteroatoms. The SMILES string of the molecule is Cc1ccc(-c2nc3cc(C(=O)N4CCC(CC(=O)Nc5ccc(C)c(C)c5)CC4)ccc3o2)cc1. The number of hydrogen-bond donors (Lipinski definition) is 1. The van der Waals surface area contributed by atoms with Gasteiger partial charge in [-0.15, -0.1) is 0 Å². The van der Waals surface area contributed by atoms with Crippen molar-refractivity contribution < 1.29 is 14.0 Å². The molecule has 6 nitrogen and oxygen atoms in total. The van der Waals surface area contributed by atoms with Crippen LogP contribution in [0.1, 0.15) is 46.3 Å². The zero-order chi connectivity index (χ0) is 25.2. The van der Waals surface area contributed by atoms with Gasteiger partial charge in [0, 0.05) is 36.3 Å². The molecular formula is C30H31N3O3. The van der Waals surface area contributed by atoms with Crippen molar-refractivity contribution >= 4 is 28.6 Å². The second-order valence-corrected chi connectivity index (χ2v) is 9.85. The van der Waals surface area contributed by atoms with Crippen LogP contribution >= 0.6 is 0 Å². The van der Waals surface area contributed by atoms with E-state index < -0.39 is 0 Å². The second-order valence-electron chi connectivity index (χ2n) is 9.85. The summed E-state index contributed by atoms with van der Waals surface area (Å²) in [4.78, 5) is 32.2. The number of benzene rings is 3. The van der Waals surface area contributed by atoms with Crippen LogP contribution in [0, 0.1) is 26.7 Å². The van der Waals surface area contributed by atoms with Gasteiger partial charge in [0.25, 0.3) is 5.91 Å². The average Bonchev–Trinajstić information content (AvgIpc) is 3.30. The Bertz CT molecular complexity index is 1410. The van der Waals surface area contributed by atoms with E-state index in [4.69, 9.17) is 4.42 Å². The smallest absolute Gasteiger partial charge is 0.253 e. The van der Waals surface area contributed by atoms with E-state index >= 15 is 0 Å². The highest BCUT2D eigenvalue weighted by molar-refractivity contribution is 5.97. The van der Waals surface area contributed by atoms with Gasteiger partial charge in [-0.3, -0.25) is 9.59 Å². The number of anilines is 1. The summed E-state index contributed by atoms with van der Waals surface area (Å²) in [5.41, 5.74) is 7.24. The van der Waals surface area contributed by atoms with Gasteiger partial charge in [0.2, 0.25) is 11.8 Å². The molecule has 0 atom stereocenters. The predicted octanol–water partition coefficient (Wildman–Crippen LogP) is 6.30. The first-order chi connectivity index (χ1) is 17.4. The highest BCUT2D eigenvalue weighted by Crippen LogP contribution is 2.27. The zero-order valence-electron chi connectivity index (χ0n) is 21.0. The Balaban J connectivity index is 1.18. The number of aryl methyl sites for hydroxylation is 3. The molecule has 2 amide bonds. The lowest BCUT2D eigenvalue weighted by molar-refractivity contribution is -0.117. The molecule has 1 aliphatic rings. The van der Waals surface area contributed by atoms with Crippen LogP contribution in [0.25, 0.3) is 22.6 Å². The summed E-state index contributed by atoms with van der Waals surface area (Å²) >= 11 is 0. The Kier molecular flexibility index (Phi) is 6.59. The van der Waals surface area contributed by atoms with Gasteiger partial charge in [-0.25, -0.2) is 4.98 Å². The van der Waals surface area contributed by atoms with E-state index in [-0.39, 0.29) is 17.7 Å². The third-order valence-corrected chi connectivity index (χ3v) is 7.10. The molecule has 3 aromatic carbocycles. The summed E-state index contributed by atoms with van der Waals surface area (Å²) in [5, 5.41) is 3.02. The van der Waals surface area contributed by atoms with Crippen molar-refractivity contribution in [1.29, 1.82) is 0 Å². The van der Waals surface area contributed by atoms with Crippen LogP contribution in [0.15, 0.2) is 65.1 Å². The molecule has 36 heavy (non-hydrogen) atoms. The molecule has 0 bridgehead atoms. The van der Waals surface area contributed by atoms with E-state index in [0.29, 0.717) is 42.1 Å². The fourth-order valence-corrected chi connectivity index (χ4v) is 4.70. The number of nitrogens with zero attached hydrogens (tertiary/aromatic N) is 2. The number of fused-ring (bicyclic) bond motifs is 1. The number of oxazole rings is 1. The first-order valence-corrected chi connectivity index (χ1v) is 12.5. The van der Waals surface area contributed by atoms with E-state index in [2.05, 4.69) is 17.2 Å². The summed E-state index contributed by atoms with van der Waals surface area (Å²) in [6.45, 7) is 7.43. The molecule has 1 N–H and O–H groups in total. The third-order valence-electron chi connectivity index (χ3n) is 7.10. The van der Waals surface area contributed by atoms with Gasteiger partial charge >= 0.3 is 0 Å². The molecule has 1 aromatic heterocycles. The molecule has 0 unspecified atom stereocenters. The number of hydrogen-bond acceptors (Lipinski definition) is 4. The molecular weight excluding hydrogens is 450 g/mol. The largest absolute Gasteiger partial charge is 0.436 e. The van der Waals surface area contributed by atoms with Gasteiger partial charge in [0.1, 0.15) is 5.52 Å². The predicted molar refractivity (Wildman–Crippen MR) is 142 cm³/mol. The van der Waals surface area contributed by atoms with Crippen LogP contribution in [-0.2, 0) is 4.79 Å². The summed E-state index contributed by atoms with van der Waals surface area (Å²) in [7, 11) is 0. The van der Waals surface area contributed by atoms with Gasteiger partial charge in [0.15, 0.2) is 5.58 Å². The maximum absolute atomic E-state index is 13.2. The normalized spacial score (nSPS) is 14.2. The Morgan fingerprint density at radius 3 is 2.42 bits per heavy atom. The molecule has 5 rings (SSSR count). The van der Waals surface area contributed by atoms with E-state index in [1.54, 1.807) is 6.07 Å². The first-order valence-electron chi connectivity index (χ1n) is 12.5. The molecule has 4 aromatic rings. The Morgan fingerprint density at radius 2 is 1.69 bits per heavy atom. The molecule has 1 fully saturated rings. The van der Waals surface area contributed by atoms with Gasteiger partial charge in [-0.2, -0.15) is 0 Å². The van der Waals surface area contributed by atoms with Crippen molar-refractivity contribution in [1.82, 2.24) is 9.88 Å². The maximum atomic E-state index is 13.2.